The first-order valence-corrected chi connectivity index (χ1v) is 8.98. The van der Waals surface area contributed by atoms with Gasteiger partial charge in [0.2, 0.25) is 0 Å². The highest BCUT2D eigenvalue weighted by Gasteiger charge is 2.24. The number of rotatable bonds is 9. The average Bonchev–Trinajstić information content (AvgIpc) is 2.45. The van der Waals surface area contributed by atoms with Gasteiger partial charge in [0.25, 0.3) is 0 Å². The molecule has 1 rings (SSSR count). The smallest absolute Gasteiger partial charge is 0.306 e. The van der Waals surface area contributed by atoms with Gasteiger partial charge >= 0.3 is 5.97 Å². The number of hydrogen-bond donors (Lipinski definition) is 0. The summed E-state index contributed by atoms with van der Waals surface area (Å²) < 4.78 is 5.66. The second kappa shape index (κ2) is 9.10. The monoisotopic (exact) mass is 318 g/mol. The molecule has 1 aromatic carbocycles. The predicted molar refractivity (Wildman–Crippen MR) is 97.3 cm³/mol. The number of carbonyl (C=O) groups excluding carboxylic acids is 1. The molecule has 0 saturated heterocycles. The maximum Gasteiger partial charge on any atom is 0.306 e. The highest BCUT2D eigenvalue weighted by atomic mass is 16.6. The summed E-state index contributed by atoms with van der Waals surface area (Å²) in [6, 6.07) is 9.93. The van der Waals surface area contributed by atoms with Gasteiger partial charge in [-0.15, -0.1) is 0 Å². The Morgan fingerprint density at radius 1 is 0.870 bits per heavy atom. The second-order valence-corrected chi connectivity index (χ2v) is 8.18. The molecule has 0 heterocycles. The molecule has 1 aromatic rings. The molecule has 0 saturated carbocycles. The predicted octanol–water partition coefficient (Wildman–Crippen LogP) is 6.24. The van der Waals surface area contributed by atoms with Gasteiger partial charge in [0, 0.05) is 6.42 Å². The minimum atomic E-state index is -0.551. The van der Waals surface area contributed by atoms with Crippen molar-refractivity contribution in [1.82, 2.24) is 0 Å². The van der Waals surface area contributed by atoms with Crippen molar-refractivity contribution in [1.29, 1.82) is 0 Å². The Kier molecular flexibility index (Phi) is 7.81. The molecule has 0 aromatic heterocycles. The largest absolute Gasteiger partial charge is 0.455 e. The van der Waals surface area contributed by atoms with E-state index in [1.54, 1.807) is 0 Å². The van der Waals surface area contributed by atoms with Gasteiger partial charge in [-0.1, -0.05) is 76.8 Å². The topological polar surface area (TPSA) is 26.3 Å². The van der Waals surface area contributed by atoms with Gasteiger partial charge in [-0.25, -0.2) is 0 Å². The Balaban J connectivity index is 2.17. The van der Waals surface area contributed by atoms with Crippen molar-refractivity contribution in [2.75, 3.05) is 0 Å². The van der Waals surface area contributed by atoms with Crippen LogP contribution in [0.15, 0.2) is 30.3 Å². The average molecular weight is 319 g/mol. The third-order valence-corrected chi connectivity index (χ3v) is 4.15. The van der Waals surface area contributed by atoms with E-state index in [-0.39, 0.29) is 5.97 Å². The van der Waals surface area contributed by atoms with E-state index in [0.29, 0.717) is 11.8 Å². The molecule has 0 radical (unpaired) electrons. The lowest BCUT2D eigenvalue weighted by Gasteiger charge is -2.25. The maximum absolute atomic E-state index is 12.0. The van der Waals surface area contributed by atoms with Crippen LogP contribution < -0.4 is 0 Å². The molecular weight excluding hydrogens is 284 g/mol. The summed E-state index contributed by atoms with van der Waals surface area (Å²) in [6.07, 6.45) is 7.61. The Hall–Kier alpha value is -1.31. The van der Waals surface area contributed by atoms with E-state index in [0.717, 1.165) is 18.4 Å². The quantitative estimate of drug-likeness (QED) is 0.398. The van der Waals surface area contributed by atoms with E-state index in [2.05, 4.69) is 20.8 Å². The van der Waals surface area contributed by atoms with Crippen LogP contribution in [-0.2, 0) is 15.1 Å². The van der Waals surface area contributed by atoms with Crippen molar-refractivity contribution >= 4 is 5.97 Å². The highest BCUT2D eigenvalue weighted by Crippen LogP contribution is 2.25. The fourth-order valence-corrected chi connectivity index (χ4v) is 2.69. The molecule has 2 heteroatoms. The van der Waals surface area contributed by atoms with Crippen molar-refractivity contribution < 1.29 is 9.53 Å². The zero-order chi connectivity index (χ0) is 17.3. The molecule has 0 aliphatic heterocycles. The van der Waals surface area contributed by atoms with E-state index in [1.165, 1.54) is 25.7 Å². The third kappa shape index (κ3) is 8.78. The molecule has 2 nitrogen and oxygen atoms in total. The summed E-state index contributed by atoms with van der Waals surface area (Å²) in [5, 5.41) is 0. The Labute approximate surface area is 142 Å². The van der Waals surface area contributed by atoms with E-state index in [9.17, 15) is 4.79 Å². The number of ether oxygens (including phenoxy) is 1. The minimum Gasteiger partial charge on any atom is -0.455 e. The molecule has 23 heavy (non-hydrogen) atoms. The summed E-state index contributed by atoms with van der Waals surface area (Å²) in [6.45, 7) is 10.8. The lowest BCUT2D eigenvalue weighted by atomic mass is 9.89. The molecule has 0 aliphatic rings. The SMILES string of the molecule is CC(C)(C)CCCCCCCC(=O)OC(C)(C)c1ccccc1. The van der Waals surface area contributed by atoms with Crippen LogP contribution in [-0.4, -0.2) is 5.97 Å². The Morgan fingerprint density at radius 3 is 2.04 bits per heavy atom. The van der Waals surface area contributed by atoms with Crippen LogP contribution in [0, 0.1) is 5.41 Å². The van der Waals surface area contributed by atoms with Gasteiger partial charge in [-0.05, 0) is 37.7 Å². The second-order valence-electron chi connectivity index (χ2n) is 8.18. The number of hydrogen-bond acceptors (Lipinski definition) is 2. The van der Waals surface area contributed by atoms with Gasteiger partial charge in [0.15, 0.2) is 0 Å². The molecular formula is C21H34O2. The molecule has 0 atom stereocenters. The fraction of sp³-hybridized carbons (Fsp3) is 0.667. The molecule has 0 bridgehead atoms. The molecule has 0 aliphatic carbocycles. The summed E-state index contributed by atoms with van der Waals surface area (Å²) in [5.41, 5.74) is 0.924. The lowest BCUT2D eigenvalue weighted by molar-refractivity contribution is -0.157. The molecule has 130 valence electrons. The van der Waals surface area contributed by atoms with Crippen LogP contribution in [0.3, 0.4) is 0 Å². The lowest BCUT2D eigenvalue weighted by Crippen LogP contribution is -2.25. The van der Waals surface area contributed by atoms with E-state index in [1.807, 2.05) is 44.2 Å². The van der Waals surface area contributed by atoms with Crippen molar-refractivity contribution in [2.24, 2.45) is 5.41 Å². The minimum absolute atomic E-state index is 0.0893. The van der Waals surface area contributed by atoms with Gasteiger partial charge in [-0.3, -0.25) is 4.79 Å². The van der Waals surface area contributed by atoms with Crippen molar-refractivity contribution in [3.63, 3.8) is 0 Å². The van der Waals surface area contributed by atoms with Crippen LogP contribution >= 0.6 is 0 Å². The zero-order valence-corrected chi connectivity index (χ0v) is 15.7. The highest BCUT2D eigenvalue weighted by molar-refractivity contribution is 5.70. The van der Waals surface area contributed by atoms with Crippen LogP contribution in [0.5, 0.6) is 0 Å². The first-order valence-electron chi connectivity index (χ1n) is 8.98. The summed E-state index contributed by atoms with van der Waals surface area (Å²) in [4.78, 5) is 12.0. The van der Waals surface area contributed by atoms with Gasteiger partial charge in [0.05, 0.1) is 0 Å². The number of benzene rings is 1. The molecule has 0 unspecified atom stereocenters. The zero-order valence-electron chi connectivity index (χ0n) is 15.7. The standard InChI is InChI=1S/C21H34O2/c1-20(2,3)17-13-8-6-7-12-16-19(22)23-21(4,5)18-14-10-9-11-15-18/h9-11,14-15H,6-8,12-13,16-17H2,1-5H3. The van der Waals surface area contributed by atoms with Crippen LogP contribution in [0.25, 0.3) is 0 Å². The summed E-state index contributed by atoms with van der Waals surface area (Å²) in [7, 11) is 0. The maximum atomic E-state index is 12.0. The summed E-state index contributed by atoms with van der Waals surface area (Å²) in [5.74, 6) is -0.0893. The Morgan fingerprint density at radius 2 is 1.43 bits per heavy atom. The number of unbranched alkanes of at least 4 members (excludes halogenated alkanes) is 4. The number of esters is 1. The van der Waals surface area contributed by atoms with Gasteiger partial charge < -0.3 is 4.74 Å². The van der Waals surface area contributed by atoms with Crippen LogP contribution in [0.4, 0.5) is 0 Å². The van der Waals surface area contributed by atoms with E-state index in [4.69, 9.17) is 4.74 Å². The first kappa shape index (κ1) is 19.7. The number of carbonyl (C=O) groups is 1. The van der Waals surface area contributed by atoms with Gasteiger partial charge in [0.1, 0.15) is 5.60 Å². The first-order chi connectivity index (χ1) is 10.7. The van der Waals surface area contributed by atoms with Crippen molar-refractivity contribution in [3.05, 3.63) is 35.9 Å². The van der Waals surface area contributed by atoms with Crippen molar-refractivity contribution in [2.45, 2.75) is 85.2 Å². The third-order valence-electron chi connectivity index (χ3n) is 4.15. The normalized spacial score (nSPS) is 12.2. The fourth-order valence-electron chi connectivity index (χ4n) is 2.69. The van der Waals surface area contributed by atoms with Crippen LogP contribution in [0.2, 0.25) is 0 Å². The van der Waals surface area contributed by atoms with Crippen molar-refractivity contribution in [3.8, 4) is 0 Å². The molecule has 0 amide bonds. The van der Waals surface area contributed by atoms with Crippen LogP contribution in [0.1, 0.15) is 85.1 Å². The molecule has 0 spiro atoms. The molecule has 0 fully saturated rings. The van der Waals surface area contributed by atoms with Gasteiger partial charge in [-0.2, -0.15) is 0 Å². The summed E-state index contributed by atoms with van der Waals surface area (Å²) >= 11 is 0. The van der Waals surface area contributed by atoms with E-state index < -0.39 is 5.60 Å². The van der Waals surface area contributed by atoms with E-state index >= 15 is 0 Å². The molecule has 0 N–H and O–H groups in total. The Bertz CT molecular complexity index is 454.